The first kappa shape index (κ1) is 9.90. The molecule has 0 saturated carbocycles. The normalized spacial score (nSPS) is 23.5. The molecule has 0 spiro atoms. The van der Waals surface area contributed by atoms with Crippen molar-refractivity contribution in [2.75, 3.05) is 6.54 Å². The monoisotopic (exact) mass is 205 g/mol. The Morgan fingerprint density at radius 3 is 2.93 bits per heavy atom. The number of nitrogens with zero attached hydrogens (tertiary/aromatic N) is 3. The summed E-state index contributed by atoms with van der Waals surface area (Å²) in [7, 11) is 0. The van der Waals surface area contributed by atoms with E-state index < -0.39 is 0 Å². The van der Waals surface area contributed by atoms with Gasteiger partial charge in [0.15, 0.2) is 0 Å². The first-order valence-electron chi connectivity index (χ1n) is 4.67. The maximum Gasteiger partial charge on any atom is 0.215 e. The number of nitriles is 1. The number of rotatable bonds is 3. The lowest BCUT2D eigenvalue weighted by Crippen LogP contribution is -2.02. The Hall–Kier alpha value is -1.64. The Kier molecular flexibility index (Phi) is 2.54. The molecule has 0 amide bonds. The standard InChI is InChI=1S/C10H11N3O2/c11-3-9-5-13(9)4-7-1-2-8(6-14)12-10(7)15/h1-2,9,14H,4-6H2,(H,12,15). The van der Waals surface area contributed by atoms with Crippen LogP contribution in [0.2, 0.25) is 0 Å². The van der Waals surface area contributed by atoms with Crippen LogP contribution in [0.4, 0.5) is 0 Å². The first-order chi connectivity index (χ1) is 7.24. The van der Waals surface area contributed by atoms with Gasteiger partial charge in [-0.1, -0.05) is 6.07 Å². The minimum Gasteiger partial charge on any atom is -0.493 e. The molecule has 5 nitrogen and oxygen atoms in total. The second-order valence-corrected chi connectivity index (χ2v) is 3.52. The van der Waals surface area contributed by atoms with E-state index in [1.165, 1.54) is 0 Å². The second kappa shape index (κ2) is 3.85. The van der Waals surface area contributed by atoms with Gasteiger partial charge in [-0.25, -0.2) is 4.98 Å². The molecular formula is C10H11N3O2. The largest absolute Gasteiger partial charge is 0.493 e. The number of hydrogen-bond acceptors (Lipinski definition) is 5. The van der Waals surface area contributed by atoms with Crippen molar-refractivity contribution in [3.05, 3.63) is 23.4 Å². The molecule has 2 unspecified atom stereocenters. The fourth-order valence-electron chi connectivity index (χ4n) is 1.42. The third-order valence-electron chi connectivity index (χ3n) is 2.41. The highest BCUT2D eigenvalue weighted by Gasteiger charge is 2.34. The molecule has 2 rings (SSSR count). The highest BCUT2D eigenvalue weighted by molar-refractivity contribution is 5.28. The summed E-state index contributed by atoms with van der Waals surface area (Å²) < 4.78 is 0. The molecule has 1 aromatic heterocycles. The number of aliphatic hydroxyl groups is 1. The van der Waals surface area contributed by atoms with Gasteiger partial charge < -0.3 is 10.2 Å². The molecule has 2 N–H and O–H groups in total. The van der Waals surface area contributed by atoms with E-state index in [0.717, 1.165) is 6.54 Å². The highest BCUT2D eigenvalue weighted by Crippen LogP contribution is 2.24. The van der Waals surface area contributed by atoms with Gasteiger partial charge in [0.05, 0.1) is 18.4 Å². The number of aliphatic hydroxyl groups excluding tert-OH is 1. The van der Waals surface area contributed by atoms with E-state index in [2.05, 4.69) is 11.1 Å². The van der Waals surface area contributed by atoms with Crippen molar-refractivity contribution < 1.29 is 10.2 Å². The van der Waals surface area contributed by atoms with Crippen LogP contribution in [0, 0.1) is 11.3 Å². The maximum atomic E-state index is 9.53. The quantitative estimate of drug-likeness (QED) is 0.678. The summed E-state index contributed by atoms with van der Waals surface area (Å²) in [5, 5.41) is 26.9. The zero-order valence-electron chi connectivity index (χ0n) is 8.09. The van der Waals surface area contributed by atoms with Crippen LogP contribution in [0.3, 0.4) is 0 Å². The van der Waals surface area contributed by atoms with E-state index in [-0.39, 0.29) is 18.5 Å². The minimum atomic E-state index is -0.182. The maximum absolute atomic E-state index is 9.53. The first-order valence-corrected chi connectivity index (χ1v) is 4.67. The molecule has 2 atom stereocenters. The van der Waals surface area contributed by atoms with Crippen molar-refractivity contribution in [1.82, 2.24) is 9.88 Å². The molecule has 0 bridgehead atoms. The molecule has 1 aliphatic rings. The van der Waals surface area contributed by atoms with E-state index in [9.17, 15) is 5.11 Å². The van der Waals surface area contributed by atoms with Gasteiger partial charge in [-0.2, -0.15) is 5.26 Å². The molecule has 0 radical (unpaired) electrons. The van der Waals surface area contributed by atoms with Gasteiger partial charge in [-0.15, -0.1) is 0 Å². The molecule has 5 heteroatoms. The fraction of sp³-hybridized carbons (Fsp3) is 0.400. The van der Waals surface area contributed by atoms with Gasteiger partial charge >= 0.3 is 0 Å². The number of aromatic hydroxyl groups is 1. The summed E-state index contributed by atoms with van der Waals surface area (Å²) in [4.78, 5) is 5.75. The van der Waals surface area contributed by atoms with Gasteiger partial charge in [0.25, 0.3) is 0 Å². The zero-order chi connectivity index (χ0) is 10.8. The van der Waals surface area contributed by atoms with Crippen molar-refractivity contribution in [2.24, 2.45) is 0 Å². The van der Waals surface area contributed by atoms with E-state index in [1.807, 2.05) is 4.90 Å². The Morgan fingerprint density at radius 1 is 1.60 bits per heavy atom. The lowest BCUT2D eigenvalue weighted by Gasteiger charge is -2.05. The van der Waals surface area contributed by atoms with Crippen LogP contribution in [-0.4, -0.2) is 32.7 Å². The predicted octanol–water partition coefficient (Wildman–Crippen LogP) is -0.0127. The summed E-state index contributed by atoms with van der Waals surface area (Å²) in [5.41, 5.74) is 1.13. The van der Waals surface area contributed by atoms with Crippen LogP contribution in [0.1, 0.15) is 11.3 Å². The summed E-state index contributed by atoms with van der Waals surface area (Å²) in [5.74, 6) is -0.0647. The van der Waals surface area contributed by atoms with Crippen molar-refractivity contribution in [2.45, 2.75) is 19.2 Å². The van der Waals surface area contributed by atoms with Gasteiger partial charge in [0.1, 0.15) is 6.04 Å². The average molecular weight is 205 g/mol. The summed E-state index contributed by atoms with van der Waals surface area (Å²) in [6, 6.07) is 5.50. The van der Waals surface area contributed by atoms with Crippen molar-refractivity contribution >= 4 is 0 Å². The lowest BCUT2D eigenvalue weighted by molar-refractivity contribution is 0.274. The van der Waals surface area contributed by atoms with Gasteiger partial charge in [-0.3, -0.25) is 4.90 Å². The third kappa shape index (κ3) is 2.06. The zero-order valence-corrected chi connectivity index (χ0v) is 8.09. The lowest BCUT2D eigenvalue weighted by atomic mass is 10.2. The number of pyridine rings is 1. The Bertz CT molecular complexity index is 414. The smallest absolute Gasteiger partial charge is 0.215 e. The average Bonchev–Trinajstić information content (AvgIpc) is 2.99. The third-order valence-corrected chi connectivity index (χ3v) is 2.41. The minimum absolute atomic E-state index is 0.0260. The van der Waals surface area contributed by atoms with Crippen molar-refractivity contribution in [3.8, 4) is 11.9 Å². The van der Waals surface area contributed by atoms with E-state index in [0.29, 0.717) is 17.8 Å². The molecule has 1 fully saturated rings. The van der Waals surface area contributed by atoms with Crippen molar-refractivity contribution in [1.29, 1.82) is 5.26 Å². The summed E-state index contributed by atoms with van der Waals surface area (Å²) in [6.45, 7) is 1.10. The molecule has 15 heavy (non-hydrogen) atoms. The SMILES string of the molecule is N#CC1CN1Cc1ccc(CO)nc1O. The molecule has 1 aliphatic heterocycles. The van der Waals surface area contributed by atoms with Crippen LogP contribution in [0.25, 0.3) is 0 Å². The topological polar surface area (TPSA) is 80.2 Å². The molecule has 0 aromatic carbocycles. The van der Waals surface area contributed by atoms with Crippen LogP contribution in [0.5, 0.6) is 5.88 Å². The van der Waals surface area contributed by atoms with Gasteiger partial charge in [0.2, 0.25) is 5.88 Å². The van der Waals surface area contributed by atoms with Crippen molar-refractivity contribution in [3.63, 3.8) is 0 Å². The van der Waals surface area contributed by atoms with E-state index in [1.54, 1.807) is 12.1 Å². The Labute approximate surface area is 87.2 Å². The summed E-state index contributed by atoms with van der Waals surface area (Å²) >= 11 is 0. The van der Waals surface area contributed by atoms with Crippen LogP contribution in [-0.2, 0) is 13.2 Å². The molecule has 1 aromatic rings. The second-order valence-electron chi connectivity index (χ2n) is 3.52. The summed E-state index contributed by atoms with van der Waals surface area (Å²) in [6.07, 6.45) is 0. The molecule has 78 valence electrons. The molecular weight excluding hydrogens is 194 g/mol. The van der Waals surface area contributed by atoms with Crippen LogP contribution in [0.15, 0.2) is 12.1 Å². The number of hydrogen-bond donors (Lipinski definition) is 2. The Balaban J connectivity index is 2.07. The van der Waals surface area contributed by atoms with Gasteiger partial charge in [0, 0.05) is 18.7 Å². The van der Waals surface area contributed by atoms with E-state index >= 15 is 0 Å². The van der Waals surface area contributed by atoms with E-state index in [4.69, 9.17) is 10.4 Å². The van der Waals surface area contributed by atoms with Gasteiger partial charge in [-0.05, 0) is 6.07 Å². The predicted molar refractivity (Wildman–Crippen MR) is 51.6 cm³/mol. The Morgan fingerprint density at radius 2 is 2.40 bits per heavy atom. The van der Waals surface area contributed by atoms with Crippen LogP contribution >= 0.6 is 0 Å². The highest BCUT2D eigenvalue weighted by atomic mass is 16.3. The van der Waals surface area contributed by atoms with Crippen LogP contribution < -0.4 is 0 Å². The fourth-order valence-corrected chi connectivity index (χ4v) is 1.42. The molecule has 1 saturated heterocycles. The molecule has 0 aliphatic carbocycles. The number of aromatic nitrogens is 1. The molecule has 2 heterocycles.